The highest BCUT2D eigenvalue weighted by Crippen LogP contribution is 2.49. The number of nitrogens with one attached hydrogen (secondary N) is 2. The van der Waals surface area contributed by atoms with Gasteiger partial charge in [0.25, 0.3) is 0 Å². The molecule has 132 valence electrons. The highest BCUT2D eigenvalue weighted by atomic mass is 16.5. The largest absolute Gasteiger partial charge is 0.381 e. The summed E-state index contributed by atoms with van der Waals surface area (Å²) in [6, 6.07) is 4.13. The highest BCUT2D eigenvalue weighted by Gasteiger charge is 2.58. The third kappa shape index (κ3) is 2.31. The van der Waals surface area contributed by atoms with Crippen LogP contribution in [0, 0.1) is 24.7 Å². The van der Waals surface area contributed by atoms with Gasteiger partial charge in [0.05, 0.1) is 11.7 Å². The molecule has 2 aliphatic heterocycles. The number of pyridine rings is 1. The number of rotatable bonds is 3. The van der Waals surface area contributed by atoms with Crippen LogP contribution in [0.4, 0.5) is 0 Å². The van der Waals surface area contributed by atoms with E-state index in [2.05, 4.69) is 28.0 Å². The summed E-state index contributed by atoms with van der Waals surface area (Å²) in [5, 5.41) is 6.77. The lowest BCUT2D eigenvalue weighted by Gasteiger charge is -2.37. The molecule has 2 unspecified atom stereocenters. The first-order chi connectivity index (χ1) is 12.2. The van der Waals surface area contributed by atoms with Crippen molar-refractivity contribution in [2.24, 2.45) is 17.8 Å². The number of fused-ring (bicyclic) bond motifs is 2. The van der Waals surface area contributed by atoms with Gasteiger partial charge in [-0.3, -0.25) is 4.79 Å². The van der Waals surface area contributed by atoms with E-state index in [0.29, 0.717) is 25.0 Å². The second-order valence-electron chi connectivity index (χ2n) is 7.72. The van der Waals surface area contributed by atoms with Crippen molar-refractivity contribution in [3.63, 3.8) is 0 Å². The fourth-order valence-electron chi connectivity index (χ4n) is 4.77. The molecule has 1 aliphatic carbocycles. The van der Waals surface area contributed by atoms with Gasteiger partial charge in [0.15, 0.2) is 0 Å². The molecule has 4 heterocycles. The lowest BCUT2D eigenvalue weighted by atomic mass is 9.88. The van der Waals surface area contributed by atoms with Crippen molar-refractivity contribution in [2.45, 2.75) is 25.3 Å². The average Bonchev–Trinajstić information content (AvgIpc) is 2.98. The molecule has 2 saturated heterocycles. The Labute approximate surface area is 147 Å². The van der Waals surface area contributed by atoms with E-state index in [1.54, 1.807) is 0 Å². The number of nitrogens with zero attached hydrogens (tertiary/aromatic N) is 2. The maximum atomic E-state index is 13.0. The van der Waals surface area contributed by atoms with E-state index in [4.69, 9.17) is 9.72 Å². The molecule has 25 heavy (non-hydrogen) atoms. The number of ether oxygens (including phenoxy) is 1. The number of aromatic nitrogens is 2. The maximum absolute atomic E-state index is 13.0. The summed E-state index contributed by atoms with van der Waals surface area (Å²) in [6.07, 6.45) is 5.51. The number of hydrogen-bond acceptors (Lipinski definition) is 4. The number of amides is 1. The monoisotopic (exact) mass is 340 g/mol. The molecule has 6 nitrogen and oxygen atoms in total. The van der Waals surface area contributed by atoms with Crippen molar-refractivity contribution in [2.75, 3.05) is 26.3 Å². The average molecular weight is 340 g/mol. The highest BCUT2D eigenvalue weighted by molar-refractivity contribution is 5.83. The van der Waals surface area contributed by atoms with Crippen molar-refractivity contribution in [3.05, 3.63) is 35.9 Å². The fourth-order valence-corrected chi connectivity index (χ4v) is 4.77. The standard InChI is InChI=1S/C19H24N4O2/c1-12-3-2-6-23-15(12)11-21-18(23)19(4-7-25-8-5-19)22-17(24)16-13-9-20-10-14(13)16/h2-3,6,11,13-14,16,20H,4-5,7-10H2,1H3,(H,22,24)/t13-,14?,16?/m1/s1. The van der Waals surface area contributed by atoms with Crippen molar-refractivity contribution < 1.29 is 9.53 Å². The minimum absolute atomic E-state index is 0.175. The Hall–Kier alpha value is -1.92. The van der Waals surface area contributed by atoms with Crippen LogP contribution in [0.1, 0.15) is 24.2 Å². The van der Waals surface area contributed by atoms with Crippen molar-refractivity contribution in [3.8, 4) is 0 Å². The molecule has 0 aromatic carbocycles. The molecule has 3 aliphatic rings. The summed E-state index contributed by atoms with van der Waals surface area (Å²) in [4.78, 5) is 17.7. The van der Waals surface area contributed by atoms with E-state index in [9.17, 15) is 4.79 Å². The van der Waals surface area contributed by atoms with Gasteiger partial charge in [-0.15, -0.1) is 0 Å². The van der Waals surface area contributed by atoms with Gasteiger partial charge in [0, 0.05) is 38.2 Å². The lowest BCUT2D eigenvalue weighted by Crippen LogP contribution is -2.51. The number of carbonyl (C=O) groups is 1. The number of imidazole rings is 1. The predicted octanol–water partition coefficient (Wildman–Crippen LogP) is 1.23. The van der Waals surface area contributed by atoms with Gasteiger partial charge in [0.1, 0.15) is 11.4 Å². The summed E-state index contributed by atoms with van der Waals surface area (Å²) in [6.45, 7) is 5.35. The Morgan fingerprint density at radius 2 is 2.12 bits per heavy atom. The SMILES string of the molecule is Cc1cccn2c(C3(NC(=O)C4C5CNC[C@H]54)CCOCC3)ncc12. The Kier molecular flexibility index (Phi) is 3.40. The van der Waals surface area contributed by atoms with Gasteiger partial charge < -0.3 is 19.8 Å². The van der Waals surface area contributed by atoms with Crippen LogP contribution >= 0.6 is 0 Å². The van der Waals surface area contributed by atoms with E-state index in [0.717, 1.165) is 37.3 Å². The normalized spacial score (nSPS) is 30.2. The smallest absolute Gasteiger partial charge is 0.224 e. The third-order valence-corrected chi connectivity index (χ3v) is 6.31. The number of carbonyl (C=O) groups excluding carboxylic acids is 1. The molecule has 6 heteroatoms. The zero-order valence-electron chi connectivity index (χ0n) is 14.5. The fraction of sp³-hybridized carbons (Fsp3) is 0.579. The topological polar surface area (TPSA) is 67.7 Å². The first-order valence-electron chi connectivity index (χ1n) is 9.23. The summed E-state index contributed by atoms with van der Waals surface area (Å²) < 4.78 is 7.73. The molecule has 0 radical (unpaired) electrons. The third-order valence-electron chi connectivity index (χ3n) is 6.31. The van der Waals surface area contributed by atoms with Crippen LogP contribution in [0.3, 0.4) is 0 Å². The van der Waals surface area contributed by atoms with Gasteiger partial charge in [-0.25, -0.2) is 4.98 Å². The first kappa shape index (κ1) is 15.3. The zero-order valence-corrected chi connectivity index (χ0v) is 14.5. The van der Waals surface area contributed by atoms with Crippen LogP contribution in [0.15, 0.2) is 24.5 Å². The Balaban J connectivity index is 1.50. The molecule has 0 bridgehead atoms. The van der Waals surface area contributed by atoms with Crippen LogP contribution in [0.2, 0.25) is 0 Å². The zero-order chi connectivity index (χ0) is 17.0. The van der Waals surface area contributed by atoms with Crippen molar-refractivity contribution >= 4 is 11.4 Å². The molecule has 1 amide bonds. The van der Waals surface area contributed by atoms with Crippen LogP contribution in [0.25, 0.3) is 5.52 Å². The van der Waals surface area contributed by atoms with E-state index in [1.165, 1.54) is 5.56 Å². The molecular formula is C19H24N4O2. The number of aryl methyl sites for hydroxylation is 1. The Morgan fingerprint density at radius 3 is 2.88 bits per heavy atom. The molecule has 2 N–H and O–H groups in total. The second kappa shape index (κ2) is 5.54. The summed E-state index contributed by atoms with van der Waals surface area (Å²) in [7, 11) is 0. The molecule has 1 saturated carbocycles. The van der Waals surface area contributed by atoms with Crippen LogP contribution in [-0.4, -0.2) is 41.6 Å². The van der Waals surface area contributed by atoms with E-state index in [1.807, 2.05) is 18.5 Å². The first-order valence-corrected chi connectivity index (χ1v) is 9.23. The van der Waals surface area contributed by atoms with Gasteiger partial charge in [0.2, 0.25) is 5.91 Å². The van der Waals surface area contributed by atoms with E-state index in [-0.39, 0.29) is 11.8 Å². The summed E-state index contributed by atoms with van der Waals surface area (Å²) in [5.41, 5.74) is 1.86. The predicted molar refractivity (Wildman–Crippen MR) is 93.1 cm³/mol. The van der Waals surface area contributed by atoms with Gasteiger partial charge in [-0.2, -0.15) is 0 Å². The Morgan fingerprint density at radius 1 is 1.36 bits per heavy atom. The molecule has 3 fully saturated rings. The minimum atomic E-state index is -0.431. The second-order valence-corrected chi connectivity index (χ2v) is 7.72. The van der Waals surface area contributed by atoms with Gasteiger partial charge >= 0.3 is 0 Å². The van der Waals surface area contributed by atoms with Crippen molar-refractivity contribution in [1.29, 1.82) is 0 Å². The molecule has 5 rings (SSSR count). The Bertz CT molecular complexity index is 814. The van der Waals surface area contributed by atoms with Crippen molar-refractivity contribution in [1.82, 2.24) is 20.0 Å². The summed E-state index contributed by atoms with van der Waals surface area (Å²) >= 11 is 0. The van der Waals surface area contributed by atoms with Gasteiger partial charge in [-0.05, 0) is 43.5 Å². The van der Waals surface area contributed by atoms with Gasteiger partial charge in [-0.1, -0.05) is 6.07 Å². The molecule has 3 atom stereocenters. The molecule has 0 spiro atoms. The number of piperidine rings is 1. The van der Waals surface area contributed by atoms with Crippen LogP contribution < -0.4 is 10.6 Å². The molecule has 2 aromatic heterocycles. The van der Waals surface area contributed by atoms with E-state index < -0.39 is 5.54 Å². The minimum Gasteiger partial charge on any atom is -0.381 e. The summed E-state index contributed by atoms with van der Waals surface area (Å²) in [5.74, 6) is 2.36. The maximum Gasteiger partial charge on any atom is 0.224 e. The lowest BCUT2D eigenvalue weighted by molar-refractivity contribution is -0.126. The van der Waals surface area contributed by atoms with Crippen LogP contribution in [0.5, 0.6) is 0 Å². The van der Waals surface area contributed by atoms with E-state index >= 15 is 0 Å². The quantitative estimate of drug-likeness (QED) is 0.882. The molecule has 2 aromatic rings. The molecular weight excluding hydrogens is 316 g/mol. The van der Waals surface area contributed by atoms with Crippen LogP contribution in [-0.2, 0) is 15.1 Å². The number of hydrogen-bond donors (Lipinski definition) is 2.